The fraction of sp³-hybridized carbons (Fsp3) is 0.333. The third-order valence-electron chi connectivity index (χ3n) is 2.88. The van der Waals surface area contributed by atoms with E-state index in [9.17, 15) is 20.4 Å². The first-order valence-electron chi connectivity index (χ1n) is 5.74. The number of aromatic hydroxyl groups is 4. The van der Waals surface area contributed by atoms with Crippen LogP contribution in [0.4, 0.5) is 0 Å². The van der Waals surface area contributed by atoms with Crippen LogP contribution in [0.25, 0.3) is 0 Å². The highest BCUT2D eigenvalue weighted by Gasteiger charge is 2.07. The maximum absolute atomic E-state index is 9.42. The lowest BCUT2D eigenvalue weighted by atomic mass is 10.3. The molecule has 0 aliphatic carbocycles. The topological polar surface area (TPSA) is 90.8 Å². The summed E-state index contributed by atoms with van der Waals surface area (Å²) in [6.07, 6.45) is 1.40. The predicted molar refractivity (Wildman–Crippen MR) is 64.8 cm³/mol. The Morgan fingerprint density at radius 2 is 0.889 bits per heavy atom. The number of hydrogen-bond acceptors (Lipinski definition) is 4. The van der Waals surface area contributed by atoms with E-state index in [-0.39, 0.29) is 23.5 Å². The molecule has 0 unspecified atom stereocenters. The molecule has 2 rings (SSSR count). The highest BCUT2D eigenvalue weighted by Crippen LogP contribution is 2.23. The molecule has 0 spiro atoms. The smallest absolute Gasteiger partial charge is 0.193 e. The van der Waals surface area contributed by atoms with Crippen molar-refractivity contribution in [3.63, 3.8) is 0 Å². The van der Waals surface area contributed by atoms with Gasteiger partial charge in [-0.2, -0.15) is 0 Å². The van der Waals surface area contributed by atoms with Gasteiger partial charge >= 0.3 is 0 Å². The monoisotopic (exact) mass is 252 g/mol. The van der Waals surface area contributed by atoms with Gasteiger partial charge in [-0.15, -0.1) is 0 Å². The highest BCUT2D eigenvalue weighted by atomic mass is 16.3. The van der Waals surface area contributed by atoms with Crippen molar-refractivity contribution in [2.45, 2.75) is 25.9 Å². The second kappa shape index (κ2) is 4.95. The Bertz CT molecular complexity index is 443. The van der Waals surface area contributed by atoms with Crippen LogP contribution in [0.2, 0.25) is 0 Å². The summed E-state index contributed by atoms with van der Waals surface area (Å²) >= 11 is 0. The highest BCUT2D eigenvalue weighted by molar-refractivity contribution is 5.24. The molecule has 2 aromatic rings. The van der Waals surface area contributed by atoms with Gasteiger partial charge < -0.3 is 20.4 Å². The van der Waals surface area contributed by atoms with Crippen LogP contribution in [0.1, 0.15) is 12.8 Å². The first kappa shape index (κ1) is 12.2. The van der Waals surface area contributed by atoms with E-state index in [0.29, 0.717) is 25.9 Å². The molecule has 2 aromatic heterocycles. The molecule has 98 valence electrons. The van der Waals surface area contributed by atoms with Gasteiger partial charge in [0.2, 0.25) is 0 Å². The van der Waals surface area contributed by atoms with E-state index in [1.54, 1.807) is 0 Å². The van der Waals surface area contributed by atoms with E-state index in [0.717, 1.165) is 0 Å². The van der Waals surface area contributed by atoms with Crippen molar-refractivity contribution >= 4 is 0 Å². The molecule has 0 radical (unpaired) electrons. The number of unbranched alkanes of at least 4 members (excludes halogenated alkanes) is 1. The lowest BCUT2D eigenvalue weighted by molar-refractivity contribution is 0.346. The lowest BCUT2D eigenvalue weighted by Gasteiger charge is -2.08. The first-order valence-corrected chi connectivity index (χ1v) is 5.74. The van der Waals surface area contributed by atoms with Gasteiger partial charge in [0.05, 0.1) is 0 Å². The van der Waals surface area contributed by atoms with Gasteiger partial charge in [0.1, 0.15) is 0 Å². The summed E-state index contributed by atoms with van der Waals surface area (Å²) in [5.41, 5.74) is 0. The van der Waals surface area contributed by atoms with Crippen molar-refractivity contribution in [1.29, 1.82) is 0 Å². The Balaban J connectivity index is 1.84. The zero-order valence-corrected chi connectivity index (χ0v) is 9.82. The molecular weight excluding hydrogens is 236 g/mol. The van der Waals surface area contributed by atoms with Crippen molar-refractivity contribution < 1.29 is 20.4 Å². The zero-order chi connectivity index (χ0) is 13.1. The molecule has 2 heterocycles. The molecule has 0 fully saturated rings. The zero-order valence-electron chi connectivity index (χ0n) is 9.82. The van der Waals surface area contributed by atoms with Gasteiger partial charge in [-0.1, -0.05) is 0 Å². The standard InChI is InChI=1S/C12H16N2O4/c15-9-3-4-10(16)13(9)7-1-2-8-14-11(17)5-6-12(14)18/h3-6,15-18H,1-2,7-8H2. The fourth-order valence-corrected chi connectivity index (χ4v) is 1.89. The van der Waals surface area contributed by atoms with Crippen LogP contribution in [0.15, 0.2) is 24.3 Å². The summed E-state index contributed by atoms with van der Waals surface area (Å²) in [6, 6.07) is 5.72. The van der Waals surface area contributed by atoms with E-state index in [4.69, 9.17) is 0 Å². The van der Waals surface area contributed by atoms with Crippen LogP contribution in [0, 0.1) is 0 Å². The van der Waals surface area contributed by atoms with Crippen molar-refractivity contribution in [3.05, 3.63) is 24.3 Å². The maximum Gasteiger partial charge on any atom is 0.193 e. The molecule has 0 aromatic carbocycles. The Morgan fingerprint density at radius 3 is 1.17 bits per heavy atom. The van der Waals surface area contributed by atoms with Crippen molar-refractivity contribution in [1.82, 2.24) is 9.13 Å². The van der Waals surface area contributed by atoms with E-state index >= 15 is 0 Å². The number of hydrogen-bond donors (Lipinski definition) is 4. The molecule has 0 bridgehead atoms. The van der Waals surface area contributed by atoms with Gasteiger partial charge in [0.25, 0.3) is 0 Å². The number of aromatic nitrogens is 2. The SMILES string of the molecule is Oc1ccc(O)n1CCCCn1c(O)ccc1O. The van der Waals surface area contributed by atoms with E-state index in [1.165, 1.54) is 33.4 Å². The van der Waals surface area contributed by atoms with Gasteiger partial charge in [-0.25, -0.2) is 0 Å². The molecule has 0 saturated carbocycles. The molecule has 18 heavy (non-hydrogen) atoms. The van der Waals surface area contributed by atoms with Crippen molar-refractivity contribution in [2.24, 2.45) is 0 Å². The van der Waals surface area contributed by atoms with Crippen LogP contribution in [0.3, 0.4) is 0 Å². The largest absolute Gasteiger partial charge is 0.494 e. The fourth-order valence-electron chi connectivity index (χ4n) is 1.89. The summed E-state index contributed by atoms with van der Waals surface area (Å²) in [6.45, 7) is 0.959. The minimum atomic E-state index is 0.0270. The Morgan fingerprint density at radius 1 is 0.611 bits per heavy atom. The average Bonchev–Trinajstić information content (AvgIpc) is 2.82. The van der Waals surface area contributed by atoms with Crippen LogP contribution < -0.4 is 0 Å². The van der Waals surface area contributed by atoms with Crippen LogP contribution in [-0.2, 0) is 13.1 Å². The predicted octanol–water partition coefficient (Wildman–Crippen LogP) is 1.59. The summed E-state index contributed by atoms with van der Waals surface area (Å²) in [5.74, 6) is 0.108. The lowest BCUT2D eigenvalue weighted by Crippen LogP contribution is -2.01. The van der Waals surface area contributed by atoms with Gasteiger partial charge in [-0.05, 0) is 12.8 Å². The van der Waals surface area contributed by atoms with E-state index in [2.05, 4.69) is 0 Å². The van der Waals surface area contributed by atoms with Crippen LogP contribution in [0.5, 0.6) is 23.5 Å². The van der Waals surface area contributed by atoms with Gasteiger partial charge in [0.15, 0.2) is 23.5 Å². The molecule has 0 aliphatic rings. The molecule has 6 heteroatoms. The Hall–Kier alpha value is -2.24. The first-order chi connectivity index (χ1) is 8.59. The summed E-state index contributed by atoms with van der Waals surface area (Å²) < 4.78 is 2.80. The van der Waals surface area contributed by atoms with Gasteiger partial charge in [-0.3, -0.25) is 9.13 Å². The third-order valence-corrected chi connectivity index (χ3v) is 2.88. The number of rotatable bonds is 5. The summed E-state index contributed by atoms with van der Waals surface area (Å²) in [5, 5.41) is 37.7. The van der Waals surface area contributed by atoms with E-state index in [1.807, 2.05) is 0 Å². The Kier molecular flexibility index (Phi) is 3.36. The van der Waals surface area contributed by atoms with Crippen LogP contribution in [-0.4, -0.2) is 29.6 Å². The normalized spacial score (nSPS) is 10.9. The molecule has 0 atom stereocenters. The van der Waals surface area contributed by atoms with Crippen LogP contribution >= 0.6 is 0 Å². The minimum Gasteiger partial charge on any atom is -0.494 e. The van der Waals surface area contributed by atoms with Gasteiger partial charge in [0, 0.05) is 37.4 Å². The quantitative estimate of drug-likeness (QED) is 0.608. The van der Waals surface area contributed by atoms with Crippen molar-refractivity contribution in [3.8, 4) is 23.5 Å². The second-order valence-corrected chi connectivity index (χ2v) is 4.11. The molecule has 6 nitrogen and oxygen atoms in total. The Labute approximate surface area is 104 Å². The summed E-state index contributed by atoms with van der Waals surface area (Å²) in [7, 11) is 0. The molecule has 0 aliphatic heterocycles. The molecule has 0 saturated heterocycles. The van der Waals surface area contributed by atoms with E-state index < -0.39 is 0 Å². The molecule has 0 amide bonds. The summed E-state index contributed by atoms with van der Waals surface area (Å²) in [4.78, 5) is 0. The minimum absolute atomic E-state index is 0.0270. The molecule has 4 N–H and O–H groups in total. The third kappa shape index (κ3) is 2.37. The number of nitrogens with zero attached hydrogens (tertiary/aromatic N) is 2. The second-order valence-electron chi connectivity index (χ2n) is 4.11. The average molecular weight is 252 g/mol. The molecular formula is C12H16N2O4. The van der Waals surface area contributed by atoms with Crippen molar-refractivity contribution in [2.75, 3.05) is 0 Å². The maximum atomic E-state index is 9.42.